The van der Waals surface area contributed by atoms with Crippen molar-refractivity contribution in [2.75, 3.05) is 0 Å². The molecule has 0 saturated heterocycles. The predicted octanol–water partition coefficient (Wildman–Crippen LogP) is 5.52. The van der Waals surface area contributed by atoms with Gasteiger partial charge in [-0.3, -0.25) is 9.59 Å². The average molecular weight is 431 g/mol. The van der Waals surface area contributed by atoms with Gasteiger partial charge in [-0.05, 0) is 66.2 Å². The molecule has 0 aliphatic heterocycles. The quantitative estimate of drug-likeness (QED) is 0.381. The molecule has 2 aliphatic rings. The largest absolute Gasteiger partial charge is 0.511 e. The monoisotopic (exact) mass is 430 g/mol. The molecule has 1 saturated carbocycles. The first-order chi connectivity index (χ1) is 14.1. The first-order valence-corrected chi connectivity index (χ1v) is 11.1. The molecule has 5 heteroatoms. The highest BCUT2D eigenvalue weighted by molar-refractivity contribution is 6.24. The van der Waals surface area contributed by atoms with E-state index in [-0.39, 0.29) is 29.2 Å². The molecule has 5 nitrogen and oxygen atoms in total. The van der Waals surface area contributed by atoms with Gasteiger partial charge in [-0.15, -0.1) is 0 Å². The van der Waals surface area contributed by atoms with Crippen LogP contribution in [0.4, 0.5) is 0 Å². The van der Waals surface area contributed by atoms with Crippen molar-refractivity contribution < 1.29 is 24.9 Å². The number of allylic oxidation sites excluding steroid dienone is 6. The third-order valence-corrected chi connectivity index (χ3v) is 7.00. The SMILES string of the molecule is C=C(C)[C@@H]1CC[C@](C)(O)[C@H](C2=C(O)C(C)(CC=C(C)C)C(=O)C(C(=O)C(C)C)=C2O)C1. The Bertz CT molecular complexity index is 879. The standard InChI is InChI=1S/C26H38O5/c1-14(2)9-11-25(7)23(29)19(22(28)20(24(25)30)21(27)16(5)6)18-13-17(15(3)4)10-12-26(18,8)31/h9,16-18,28-29,31H,3,10-13H2,1-2,4-8H3/t17-,18+,25?,26+/m1/s1. The Morgan fingerprint density at radius 2 is 1.81 bits per heavy atom. The van der Waals surface area contributed by atoms with Crippen LogP contribution in [0.5, 0.6) is 0 Å². The van der Waals surface area contributed by atoms with Gasteiger partial charge < -0.3 is 15.3 Å². The van der Waals surface area contributed by atoms with Crippen molar-refractivity contribution in [1.82, 2.24) is 0 Å². The second-order valence-electron chi connectivity index (χ2n) is 10.4. The van der Waals surface area contributed by atoms with Crippen LogP contribution in [0.25, 0.3) is 0 Å². The van der Waals surface area contributed by atoms with E-state index in [1.807, 2.05) is 26.8 Å². The molecule has 0 radical (unpaired) electrons. The molecule has 31 heavy (non-hydrogen) atoms. The minimum absolute atomic E-state index is 0.115. The first kappa shape index (κ1) is 25.1. The highest BCUT2D eigenvalue weighted by atomic mass is 16.3. The zero-order valence-corrected chi connectivity index (χ0v) is 20.0. The molecule has 3 N–H and O–H groups in total. The molecule has 0 spiro atoms. The number of rotatable bonds is 6. The lowest BCUT2D eigenvalue weighted by atomic mass is 9.62. The molecule has 2 aliphatic carbocycles. The van der Waals surface area contributed by atoms with Crippen LogP contribution in [0, 0.1) is 23.2 Å². The Morgan fingerprint density at radius 3 is 2.29 bits per heavy atom. The summed E-state index contributed by atoms with van der Waals surface area (Å²) < 4.78 is 0. The second kappa shape index (κ2) is 8.78. The maximum Gasteiger partial charge on any atom is 0.183 e. The van der Waals surface area contributed by atoms with Crippen molar-refractivity contribution in [2.24, 2.45) is 23.2 Å². The summed E-state index contributed by atoms with van der Waals surface area (Å²) in [5.41, 5.74) is -0.768. The second-order valence-corrected chi connectivity index (χ2v) is 10.4. The Balaban J connectivity index is 2.79. The third kappa shape index (κ3) is 4.57. The van der Waals surface area contributed by atoms with Crippen molar-refractivity contribution >= 4 is 11.6 Å². The molecule has 0 bridgehead atoms. The molecule has 0 aromatic rings. The van der Waals surface area contributed by atoms with Crippen LogP contribution < -0.4 is 0 Å². The minimum atomic E-state index is -1.38. The van der Waals surface area contributed by atoms with Gasteiger partial charge in [0.2, 0.25) is 0 Å². The molecule has 0 aromatic heterocycles. The first-order valence-electron chi connectivity index (χ1n) is 11.1. The number of carbonyl (C=O) groups excluding carboxylic acids is 2. The normalized spacial score (nSPS) is 31.8. The number of carbonyl (C=O) groups is 2. The van der Waals surface area contributed by atoms with Crippen LogP contribution in [0.2, 0.25) is 0 Å². The molecule has 172 valence electrons. The summed E-state index contributed by atoms with van der Waals surface area (Å²) in [5.74, 6) is -2.77. The van der Waals surface area contributed by atoms with Crippen LogP contribution in [0.3, 0.4) is 0 Å². The molecule has 1 unspecified atom stereocenters. The maximum atomic E-state index is 13.5. The minimum Gasteiger partial charge on any atom is -0.511 e. The summed E-state index contributed by atoms with van der Waals surface area (Å²) in [5, 5.41) is 33.8. The van der Waals surface area contributed by atoms with Gasteiger partial charge in [0.1, 0.15) is 17.1 Å². The predicted molar refractivity (Wildman–Crippen MR) is 123 cm³/mol. The lowest BCUT2D eigenvalue weighted by Crippen LogP contribution is -2.46. The summed E-state index contributed by atoms with van der Waals surface area (Å²) >= 11 is 0. The van der Waals surface area contributed by atoms with E-state index in [1.54, 1.807) is 27.7 Å². The summed E-state index contributed by atoms with van der Waals surface area (Å²) in [4.78, 5) is 26.4. The van der Waals surface area contributed by atoms with Crippen LogP contribution in [-0.2, 0) is 9.59 Å². The van der Waals surface area contributed by atoms with Crippen LogP contribution in [0.1, 0.15) is 74.1 Å². The fraction of sp³-hybridized carbons (Fsp3) is 0.615. The van der Waals surface area contributed by atoms with Gasteiger partial charge in [-0.25, -0.2) is 0 Å². The van der Waals surface area contributed by atoms with Gasteiger partial charge in [-0.2, -0.15) is 0 Å². The Labute approximate surface area is 186 Å². The Kier molecular flexibility index (Phi) is 7.11. The molecule has 1 fully saturated rings. The van der Waals surface area contributed by atoms with E-state index in [0.29, 0.717) is 12.8 Å². The summed E-state index contributed by atoms with van der Waals surface area (Å²) in [7, 11) is 0. The van der Waals surface area contributed by atoms with Gasteiger partial charge in [0, 0.05) is 17.4 Å². The van der Waals surface area contributed by atoms with E-state index in [0.717, 1.165) is 17.6 Å². The van der Waals surface area contributed by atoms with E-state index in [4.69, 9.17) is 0 Å². The fourth-order valence-corrected chi connectivity index (χ4v) is 4.65. The number of hydrogen-bond donors (Lipinski definition) is 3. The van der Waals surface area contributed by atoms with Crippen LogP contribution >= 0.6 is 0 Å². The average Bonchev–Trinajstić information content (AvgIpc) is 2.65. The lowest BCUT2D eigenvalue weighted by Gasteiger charge is -2.45. The van der Waals surface area contributed by atoms with E-state index in [9.17, 15) is 24.9 Å². The van der Waals surface area contributed by atoms with Gasteiger partial charge in [0.25, 0.3) is 0 Å². The molecule has 0 heterocycles. The molecule has 4 atom stereocenters. The van der Waals surface area contributed by atoms with E-state index >= 15 is 0 Å². The summed E-state index contributed by atoms with van der Waals surface area (Å²) in [6.45, 7) is 16.4. The molecule has 0 amide bonds. The highest BCUT2D eigenvalue weighted by Crippen LogP contribution is 2.51. The molecule has 0 aromatic carbocycles. The topological polar surface area (TPSA) is 94.8 Å². The van der Waals surface area contributed by atoms with E-state index in [1.165, 1.54) is 0 Å². The van der Waals surface area contributed by atoms with Crippen LogP contribution in [0.15, 0.2) is 46.5 Å². The van der Waals surface area contributed by atoms with Gasteiger partial charge in [0.05, 0.1) is 11.0 Å². The summed E-state index contributed by atoms with van der Waals surface area (Å²) in [6, 6.07) is 0. The number of aliphatic hydroxyl groups excluding tert-OH is 2. The fourth-order valence-electron chi connectivity index (χ4n) is 4.65. The smallest absolute Gasteiger partial charge is 0.183 e. The zero-order valence-electron chi connectivity index (χ0n) is 20.0. The van der Waals surface area contributed by atoms with Crippen molar-refractivity contribution in [3.8, 4) is 0 Å². The van der Waals surface area contributed by atoms with Crippen LogP contribution in [-0.4, -0.2) is 32.5 Å². The zero-order chi connectivity index (χ0) is 23.9. The van der Waals surface area contributed by atoms with Crippen molar-refractivity contribution in [2.45, 2.75) is 79.8 Å². The molecular weight excluding hydrogens is 392 g/mol. The molecule has 2 rings (SSSR count). The lowest BCUT2D eigenvalue weighted by molar-refractivity contribution is -0.128. The van der Waals surface area contributed by atoms with Gasteiger partial charge in [-0.1, -0.05) is 37.6 Å². The third-order valence-electron chi connectivity index (χ3n) is 7.00. The molecular formula is C26H38O5. The van der Waals surface area contributed by atoms with E-state index in [2.05, 4.69) is 6.58 Å². The number of ketones is 2. The number of hydrogen-bond acceptors (Lipinski definition) is 5. The van der Waals surface area contributed by atoms with Gasteiger partial charge in [0.15, 0.2) is 11.6 Å². The van der Waals surface area contributed by atoms with Gasteiger partial charge >= 0.3 is 0 Å². The van der Waals surface area contributed by atoms with E-state index < -0.39 is 40.2 Å². The van der Waals surface area contributed by atoms with Crippen molar-refractivity contribution in [3.05, 3.63) is 46.5 Å². The highest BCUT2D eigenvalue weighted by Gasteiger charge is 2.52. The number of Topliss-reactive ketones (excluding diaryl/α,β-unsaturated/α-hetero) is 2. The Hall–Kier alpha value is -2.14. The maximum absolute atomic E-state index is 13.5. The summed E-state index contributed by atoms with van der Waals surface area (Å²) in [6.07, 6.45) is 3.74. The van der Waals surface area contributed by atoms with Crippen molar-refractivity contribution in [3.63, 3.8) is 0 Å². The number of aliphatic hydroxyl groups is 3. The Morgan fingerprint density at radius 1 is 1.23 bits per heavy atom. The van der Waals surface area contributed by atoms with Crippen molar-refractivity contribution in [1.29, 1.82) is 0 Å².